The lowest BCUT2D eigenvalue weighted by molar-refractivity contribution is 0.122. The molecule has 39 heavy (non-hydrogen) atoms. The second-order valence-corrected chi connectivity index (χ2v) is 12.1. The van der Waals surface area contributed by atoms with Gasteiger partial charge in [-0.1, -0.05) is 97.1 Å². The minimum absolute atomic E-state index is 0.128. The lowest BCUT2D eigenvalue weighted by Gasteiger charge is -2.35. The van der Waals surface area contributed by atoms with Crippen LogP contribution in [-0.4, -0.2) is 22.4 Å². The topological polar surface area (TPSA) is 40.5 Å². The van der Waals surface area contributed by atoms with E-state index in [4.69, 9.17) is 0 Å². The van der Waals surface area contributed by atoms with Crippen LogP contribution in [0.5, 0.6) is 0 Å². The predicted molar refractivity (Wildman–Crippen MR) is 158 cm³/mol. The van der Waals surface area contributed by atoms with Gasteiger partial charge >= 0.3 is 0 Å². The Labute approximate surface area is 232 Å². The van der Waals surface area contributed by atoms with Crippen molar-refractivity contribution < 1.29 is 10.2 Å². The highest BCUT2D eigenvalue weighted by molar-refractivity contribution is 5.86. The van der Waals surface area contributed by atoms with Crippen molar-refractivity contribution in [3.05, 3.63) is 130 Å². The fraction of sp³-hybridized carbons (Fsp3) is 0.351. The molecule has 0 saturated heterocycles. The Morgan fingerprint density at radius 2 is 0.795 bits per heavy atom. The third-order valence-electron chi connectivity index (χ3n) is 9.98. The van der Waals surface area contributed by atoms with E-state index >= 15 is 0 Å². The van der Waals surface area contributed by atoms with Crippen LogP contribution < -0.4 is 0 Å². The van der Waals surface area contributed by atoms with Crippen molar-refractivity contribution >= 4 is 0 Å². The van der Waals surface area contributed by atoms with E-state index in [2.05, 4.69) is 97.1 Å². The maximum Gasteiger partial charge on any atom is 0.0713 e. The van der Waals surface area contributed by atoms with Crippen molar-refractivity contribution in [1.29, 1.82) is 0 Å². The monoisotopic (exact) mass is 514 g/mol. The van der Waals surface area contributed by atoms with E-state index in [0.717, 1.165) is 51.4 Å². The molecule has 7 rings (SSSR count). The van der Waals surface area contributed by atoms with Crippen LogP contribution in [0.25, 0.3) is 11.1 Å². The molecule has 0 unspecified atom stereocenters. The molecule has 198 valence electrons. The molecular weight excluding hydrogens is 476 g/mol. The van der Waals surface area contributed by atoms with Crippen LogP contribution in [0.15, 0.2) is 97.1 Å². The summed E-state index contributed by atoms with van der Waals surface area (Å²) in [4.78, 5) is 0. The molecule has 4 aromatic carbocycles. The zero-order valence-electron chi connectivity index (χ0n) is 22.6. The number of hydrogen-bond donors (Lipinski definition) is 2. The van der Waals surface area contributed by atoms with Crippen molar-refractivity contribution in [3.8, 4) is 11.1 Å². The summed E-state index contributed by atoms with van der Waals surface area (Å²) in [5.41, 5.74) is 10.4. The van der Waals surface area contributed by atoms with Gasteiger partial charge in [-0.2, -0.15) is 0 Å². The molecule has 0 radical (unpaired) electrons. The van der Waals surface area contributed by atoms with E-state index in [0.29, 0.717) is 11.8 Å². The van der Waals surface area contributed by atoms with E-state index in [9.17, 15) is 10.2 Å². The number of rotatable bonds is 4. The lowest BCUT2D eigenvalue weighted by Crippen LogP contribution is -2.28. The van der Waals surface area contributed by atoms with Gasteiger partial charge in [0.2, 0.25) is 0 Å². The molecule has 3 aliphatic carbocycles. The Hall–Kier alpha value is -3.20. The first-order valence-electron chi connectivity index (χ1n) is 14.9. The third kappa shape index (κ3) is 4.17. The highest BCUT2D eigenvalue weighted by atomic mass is 16.3. The largest absolute Gasteiger partial charge is 0.393 e. The van der Waals surface area contributed by atoms with E-state index in [-0.39, 0.29) is 17.6 Å². The van der Waals surface area contributed by atoms with Crippen LogP contribution in [-0.2, 0) is 5.41 Å². The number of aliphatic hydroxyl groups is 2. The molecule has 0 spiro atoms. The van der Waals surface area contributed by atoms with E-state index in [1.165, 1.54) is 44.5 Å². The first-order chi connectivity index (χ1) is 19.1. The van der Waals surface area contributed by atoms with Crippen LogP contribution in [0, 0.1) is 0 Å². The fourth-order valence-electron chi connectivity index (χ4n) is 7.85. The van der Waals surface area contributed by atoms with Gasteiger partial charge in [-0.25, -0.2) is 0 Å². The zero-order chi connectivity index (χ0) is 26.4. The summed E-state index contributed by atoms with van der Waals surface area (Å²) in [6, 6.07) is 36.8. The maximum atomic E-state index is 10.0. The van der Waals surface area contributed by atoms with Crippen molar-refractivity contribution in [2.75, 3.05) is 0 Å². The van der Waals surface area contributed by atoms with Crippen LogP contribution in [0.4, 0.5) is 0 Å². The molecule has 0 aliphatic heterocycles. The molecule has 2 nitrogen and oxygen atoms in total. The van der Waals surface area contributed by atoms with Crippen molar-refractivity contribution in [2.24, 2.45) is 0 Å². The lowest BCUT2D eigenvalue weighted by atomic mass is 9.67. The molecule has 2 heteroatoms. The summed E-state index contributed by atoms with van der Waals surface area (Å²) >= 11 is 0. The number of hydrogen-bond acceptors (Lipinski definition) is 2. The summed E-state index contributed by atoms with van der Waals surface area (Å²) in [6.45, 7) is 0. The standard InChI is InChI=1S/C37H38O2/c38-31-21-13-27(14-22-31)25-9-17-29(18-10-25)37(30-19-11-26(12-20-30)28-15-23-32(39)24-16-28)35-7-3-1-5-33(35)34-6-2-4-8-36(34)37/h1-12,17-20,27-28,31-32,38-39H,13-16,21-24H2. The van der Waals surface area contributed by atoms with Gasteiger partial charge in [0.25, 0.3) is 0 Å². The molecule has 4 aromatic rings. The molecule has 0 amide bonds. The molecule has 3 aliphatic rings. The Morgan fingerprint density at radius 3 is 1.18 bits per heavy atom. The first-order valence-corrected chi connectivity index (χ1v) is 14.9. The average molecular weight is 515 g/mol. The van der Waals surface area contributed by atoms with Crippen molar-refractivity contribution in [3.63, 3.8) is 0 Å². The highest BCUT2D eigenvalue weighted by Gasteiger charge is 2.46. The Morgan fingerprint density at radius 1 is 0.436 bits per heavy atom. The molecule has 0 heterocycles. The van der Waals surface area contributed by atoms with Gasteiger partial charge in [0, 0.05) is 0 Å². The Kier molecular flexibility index (Phi) is 6.41. The van der Waals surface area contributed by atoms with E-state index < -0.39 is 0 Å². The van der Waals surface area contributed by atoms with Gasteiger partial charge in [-0.05, 0) is 108 Å². The van der Waals surface area contributed by atoms with Crippen LogP contribution >= 0.6 is 0 Å². The van der Waals surface area contributed by atoms with Gasteiger partial charge in [-0.15, -0.1) is 0 Å². The summed E-state index contributed by atoms with van der Waals surface area (Å²) in [5.74, 6) is 1.07. The van der Waals surface area contributed by atoms with E-state index in [1.807, 2.05) is 0 Å². The smallest absolute Gasteiger partial charge is 0.0713 e. The van der Waals surface area contributed by atoms with Gasteiger partial charge in [0.05, 0.1) is 17.6 Å². The van der Waals surface area contributed by atoms with Crippen LogP contribution in [0.1, 0.15) is 96.6 Å². The van der Waals surface area contributed by atoms with Crippen LogP contribution in [0.2, 0.25) is 0 Å². The number of benzene rings is 4. The molecule has 2 N–H and O–H groups in total. The fourth-order valence-corrected chi connectivity index (χ4v) is 7.85. The zero-order valence-corrected chi connectivity index (χ0v) is 22.6. The summed E-state index contributed by atoms with van der Waals surface area (Å²) in [6.07, 6.45) is 7.63. The maximum absolute atomic E-state index is 10.0. The normalized spacial score (nSPS) is 25.6. The van der Waals surface area contributed by atoms with Crippen molar-refractivity contribution in [1.82, 2.24) is 0 Å². The second kappa shape index (κ2) is 10.1. The minimum Gasteiger partial charge on any atom is -0.393 e. The first kappa shape index (κ1) is 24.8. The molecule has 0 aromatic heterocycles. The van der Waals surface area contributed by atoms with Gasteiger partial charge in [0.15, 0.2) is 0 Å². The molecule has 2 saturated carbocycles. The van der Waals surface area contributed by atoms with Crippen LogP contribution in [0.3, 0.4) is 0 Å². The molecule has 0 bridgehead atoms. The number of fused-ring (bicyclic) bond motifs is 3. The summed E-state index contributed by atoms with van der Waals surface area (Å²) < 4.78 is 0. The van der Waals surface area contributed by atoms with Gasteiger partial charge in [-0.3, -0.25) is 0 Å². The molecule has 0 atom stereocenters. The summed E-state index contributed by atoms with van der Waals surface area (Å²) in [5, 5.41) is 20.0. The van der Waals surface area contributed by atoms with Crippen molar-refractivity contribution in [2.45, 2.75) is 80.8 Å². The molecule has 2 fully saturated rings. The average Bonchev–Trinajstić information content (AvgIpc) is 3.29. The molecular formula is C37H38O2. The summed E-state index contributed by atoms with van der Waals surface area (Å²) in [7, 11) is 0. The van der Waals surface area contributed by atoms with Gasteiger partial charge in [0.1, 0.15) is 0 Å². The Balaban J connectivity index is 1.35. The van der Waals surface area contributed by atoms with E-state index in [1.54, 1.807) is 0 Å². The quantitative estimate of drug-likeness (QED) is 0.254. The predicted octanol–water partition coefficient (Wildman–Crippen LogP) is 8.09. The van der Waals surface area contributed by atoms with Gasteiger partial charge < -0.3 is 10.2 Å². The number of aliphatic hydroxyl groups excluding tert-OH is 2. The second-order valence-electron chi connectivity index (χ2n) is 12.1. The highest BCUT2D eigenvalue weighted by Crippen LogP contribution is 2.56. The SMILES string of the molecule is OC1CCC(c2ccc(C3(c4ccc(C5CCC(O)CC5)cc4)c4ccccc4-c4ccccc43)cc2)CC1. The minimum atomic E-state index is -0.365. The Bertz CT molecular complexity index is 1320. The third-order valence-corrected chi connectivity index (χ3v) is 9.98.